The molecule has 0 amide bonds. The molecule has 0 radical (unpaired) electrons. The molecular weight excluding hydrogens is 184 g/mol. The van der Waals surface area contributed by atoms with Crippen LogP contribution in [0.1, 0.15) is 5.82 Å². The van der Waals surface area contributed by atoms with Gasteiger partial charge in [0.1, 0.15) is 11.5 Å². The number of phenolic OH excluding ortho intramolecular Hbond substituents is 1. The van der Waals surface area contributed by atoms with Gasteiger partial charge in [-0.3, -0.25) is 0 Å². The highest BCUT2D eigenvalue weighted by Crippen LogP contribution is 2.16. The molecule has 72 valence electrons. The zero-order valence-electron chi connectivity index (χ0n) is 7.25. The monoisotopic (exact) mass is 192 g/mol. The zero-order chi connectivity index (χ0) is 9.80. The average molecular weight is 192 g/mol. The van der Waals surface area contributed by atoms with Crippen LogP contribution < -0.4 is 4.74 Å². The number of phenols is 1. The molecule has 0 aliphatic rings. The van der Waals surface area contributed by atoms with Crippen molar-refractivity contribution in [3.8, 4) is 11.5 Å². The highest BCUT2D eigenvalue weighted by Gasteiger charge is 1.99. The van der Waals surface area contributed by atoms with Crippen molar-refractivity contribution < 1.29 is 14.4 Å². The fourth-order valence-corrected chi connectivity index (χ4v) is 0.946. The molecule has 0 unspecified atom stereocenters. The largest absolute Gasteiger partial charge is 0.508 e. The third-order valence-electron chi connectivity index (χ3n) is 1.61. The van der Waals surface area contributed by atoms with Gasteiger partial charge < -0.3 is 14.4 Å². The standard InChI is InChI=1S/C9H8N2O3/c12-7-1-3-8(4-2-7)13-5-9-10-6-14-11-9/h1-4,6,12H,5H2. The van der Waals surface area contributed by atoms with Crippen LogP contribution in [0.5, 0.6) is 11.5 Å². The van der Waals surface area contributed by atoms with E-state index in [1.807, 2.05) is 0 Å². The number of hydrogen-bond acceptors (Lipinski definition) is 5. The minimum absolute atomic E-state index is 0.205. The highest BCUT2D eigenvalue weighted by molar-refractivity contribution is 5.30. The molecule has 0 bridgehead atoms. The van der Waals surface area contributed by atoms with Gasteiger partial charge in [0.15, 0.2) is 6.61 Å². The number of hydrogen-bond donors (Lipinski definition) is 1. The Hall–Kier alpha value is -2.04. The Morgan fingerprint density at radius 2 is 2.07 bits per heavy atom. The van der Waals surface area contributed by atoms with E-state index in [0.717, 1.165) is 0 Å². The molecule has 0 saturated carbocycles. The molecule has 2 rings (SSSR count). The summed E-state index contributed by atoms with van der Waals surface area (Å²) in [5, 5.41) is 12.6. The molecule has 0 saturated heterocycles. The Bertz CT molecular complexity index is 383. The summed E-state index contributed by atoms with van der Waals surface area (Å²) >= 11 is 0. The van der Waals surface area contributed by atoms with Crippen LogP contribution >= 0.6 is 0 Å². The summed E-state index contributed by atoms with van der Waals surface area (Å²) < 4.78 is 9.85. The van der Waals surface area contributed by atoms with Crippen LogP contribution in [0.15, 0.2) is 35.2 Å². The fourth-order valence-electron chi connectivity index (χ4n) is 0.946. The zero-order valence-corrected chi connectivity index (χ0v) is 7.25. The van der Waals surface area contributed by atoms with E-state index in [9.17, 15) is 0 Å². The lowest BCUT2D eigenvalue weighted by molar-refractivity contribution is 0.286. The van der Waals surface area contributed by atoms with Crippen molar-refractivity contribution in [3.63, 3.8) is 0 Å². The molecule has 1 aromatic heterocycles. The summed E-state index contributed by atoms with van der Waals surface area (Å²) in [6.07, 6.45) is 1.25. The first-order chi connectivity index (χ1) is 6.84. The topological polar surface area (TPSA) is 68.4 Å². The summed E-state index contributed by atoms with van der Waals surface area (Å²) in [7, 11) is 0. The van der Waals surface area contributed by atoms with Gasteiger partial charge >= 0.3 is 0 Å². The third kappa shape index (κ3) is 2.01. The van der Waals surface area contributed by atoms with Crippen molar-refractivity contribution in [2.45, 2.75) is 6.61 Å². The molecule has 0 fully saturated rings. The Kier molecular flexibility index (Phi) is 2.31. The van der Waals surface area contributed by atoms with E-state index < -0.39 is 0 Å². The van der Waals surface area contributed by atoms with Crippen LogP contribution in [0.2, 0.25) is 0 Å². The van der Waals surface area contributed by atoms with Crippen molar-refractivity contribution >= 4 is 0 Å². The molecule has 0 aliphatic heterocycles. The number of rotatable bonds is 3. The number of nitrogens with zero attached hydrogens (tertiary/aromatic N) is 2. The van der Waals surface area contributed by atoms with E-state index >= 15 is 0 Å². The van der Waals surface area contributed by atoms with Crippen molar-refractivity contribution in [2.24, 2.45) is 0 Å². The molecule has 1 aromatic carbocycles. The first-order valence-electron chi connectivity index (χ1n) is 4.02. The maximum Gasteiger partial charge on any atom is 0.213 e. The number of aromatic hydroxyl groups is 1. The predicted octanol–water partition coefficient (Wildman–Crippen LogP) is 1.35. The molecule has 0 spiro atoms. The molecule has 1 N–H and O–H groups in total. The van der Waals surface area contributed by atoms with Crippen molar-refractivity contribution in [1.82, 2.24) is 10.1 Å². The van der Waals surface area contributed by atoms with Crippen LogP contribution in [0.25, 0.3) is 0 Å². The van der Waals surface area contributed by atoms with Crippen molar-refractivity contribution in [2.75, 3.05) is 0 Å². The maximum absolute atomic E-state index is 9.01. The van der Waals surface area contributed by atoms with Crippen LogP contribution in [0.4, 0.5) is 0 Å². The van der Waals surface area contributed by atoms with E-state index in [0.29, 0.717) is 11.6 Å². The van der Waals surface area contributed by atoms with Gasteiger partial charge in [-0.2, -0.15) is 4.98 Å². The van der Waals surface area contributed by atoms with Gasteiger partial charge in [-0.25, -0.2) is 0 Å². The quantitative estimate of drug-likeness (QED) is 0.795. The van der Waals surface area contributed by atoms with Gasteiger partial charge in [0, 0.05) is 0 Å². The minimum Gasteiger partial charge on any atom is -0.508 e. The van der Waals surface area contributed by atoms with Gasteiger partial charge in [0.25, 0.3) is 0 Å². The number of ether oxygens (including phenoxy) is 1. The molecule has 1 heterocycles. The smallest absolute Gasteiger partial charge is 0.213 e. The molecule has 5 nitrogen and oxygen atoms in total. The Morgan fingerprint density at radius 3 is 2.71 bits per heavy atom. The second-order valence-electron chi connectivity index (χ2n) is 2.63. The maximum atomic E-state index is 9.01. The lowest BCUT2D eigenvalue weighted by atomic mass is 10.3. The van der Waals surface area contributed by atoms with Crippen LogP contribution in [-0.4, -0.2) is 15.2 Å². The fraction of sp³-hybridized carbons (Fsp3) is 0.111. The Morgan fingerprint density at radius 1 is 1.29 bits per heavy atom. The number of benzene rings is 1. The van der Waals surface area contributed by atoms with Gasteiger partial charge in [-0.15, -0.1) is 0 Å². The average Bonchev–Trinajstić information content (AvgIpc) is 2.70. The van der Waals surface area contributed by atoms with Crippen molar-refractivity contribution in [1.29, 1.82) is 0 Å². The summed E-state index contributed by atoms with van der Waals surface area (Å²) in [5.74, 6) is 1.34. The van der Waals surface area contributed by atoms with Crippen LogP contribution in [0, 0.1) is 0 Å². The second kappa shape index (κ2) is 3.78. The minimum atomic E-state index is 0.205. The molecule has 0 atom stereocenters. The van der Waals surface area contributed by atoms with Crippen molar-refractivity contribution in [3.05, 3.63) is 36.5 Å². The van der Waals surface area contributed by atoms with E-state index in [-0.39, 0.29) is 12.4 Å². The van der Waals surface area contributed by atoms with Crippen LogP contribution in [-0.2, 0) is 6.61 Å². The predicted molar refractivity (Wildman–Crippen MR) is 46.7 cm³/mol. The normalized spacial score (nSPS) is 10.0. The molecule has 14 heavy (non-hydrogen) atoms. The van der Waals surface area contributed by atoms with Gasteiger partial charge in [0.05, 0.1) is 0 Å². The lowest BCUT2D eigenvalue weighted by Crippen LogP contribution is -1.96. The molecule has 2 aromatic rings. The van der Waals surface area contributed by atoms with Gasteiger partial charge in [0.2, 0.25) is 12.2 Å². The second-order valence-corrected chi connectivity index (χ2v) is 2.63. The van der Waals surface area contributed by atoms with E-state index in [1.165, 1.54) is 6.39 Å². The molecule has 0 aliphatic carbocycles. The highest BCUT2D eigenvalue weighted by atomic mass is 16.5. The molecule has 5 heteroatoms. The SMILES string of the molecule is Oc1ccc(OCc2ncon2)cc1. The third-order valence-corrected chi connectivity index (χ3v) is 1.61. The van der Waals surface area contributed by atoms with E-state index in [4.69, 9.17) is 9.84 Å². The van der Waals surface area contributed by atoms with Crippen LogP contribution in [0.3, 0.4) is 0 Å². The summed E-state index contributed by atoms with van der Waals surface area (Å²) in [6, 6.07) is 6.42. The summed E-state index contributed by atoms with van der Waals surface area (Å²) in [6.45, 7) is 0.251. The first kappa shape index (κ1) is 8.55. The Balaban J connectivity index is 1.95. The molecular formula is C9H8N2O3. The first-order valence-corrected chi connectivity index (χ1v) is 4.02. The van der Waals surface area contributed by atoms with E-state index in [1.54, 1.807) is 24.3 Å². The summed E-state index contributed by atoms with van der Waals surface area (Å²) in [4.78, 5) is 3.80. The van der Waals surface area contributed by atoms with E-state index in [2.05, 4.69) is 14.7 Å². The Labute approximate surface area is 79.9 Å². The van der Waals surface area contributed by atoms with Gasteiger partial charge in [-0.05, 0) is 24.3 Å². The summed E-state index contributed by atoms with van der Waals surface area (Å²) in [5.41, 5.74) is 0. The lowest BCUT2D eigenvalue weighted by Gasteiger charge is -2.02. The number of aromatic nitrogens is 2. The van der Waals surface area contributed by atoms with Gasteiger partial charge in [-0.1, -0.05) is 5.16 Å².